The molecule has 46 heavy (non-hydrogen) atoms. The SMILES string of the molecule is C=C(C(=O)NCc1cc(-c2ccc(OC(F)(F)F)cc2)nc(N2CCN(CC3CC3)CC2)c1)N(CC)S(=O)(=O)c1ccc(F)cc1. The third-order valence-corrected chi connectivity index (χ3v) is 9.80. The number of amides is 1. The van der Waals surface area contributed by atoms with E-state index in [-0.39, 0.29) is 29.4 Å². The summed E-state index contributed by atoms with van der Waals surface area (Å²) in [6.07, 6.45) is -2.28. The maximum atomic E-state index is 13.4. The number of anilines is 1. The predicted octanol–water partition coefficient (Wildman–Crippen LogP) is 5.16. The monoisotopic (exact) mass is 661 g/mol. The molecular formula is C32H35F4N5O4S. The Hall–Kier alpha value is -4.17. The molecule has 246 valence electrons. The number of rotatable bonds is 12. The molecule has 1 amide bonds. The molecule has 14 heteroatoms. The lowest BCUT2D eigenvalue weighted by Crippen LogP contribution is -2.47. The first-order valence-corrected chi connectivity index (χ1v) is 16.4. The minimum absolute atomic E-state index is 0.00850. The Labute approximate surface area is 265 Å². The van der Waals surface area contributed by atoms with Crippen molar-refractivity contribution in [2.45, 2.75) is 37.6 Å². The van der Waals surface area contributed by atoms with Crippen LogP contribution < -0.4 is 15.0 Å². The quantitative estimate of drug-likeness (QED) is 0.212. The van der Waals surface area contributed by atoms with Crippen LogP contribution >= 0.6 is 0 Å². The summed E-state index contributed by atoms with van der Waals surface area (Å²) in [4.78, 5) is 22.3. The Kier molecular flexibility index (Phi) is 9.87. The molecule has 0 bridgehead atoms. The zero-order valence-electron chi connectivity index (χ0n) is 25.3. The fourth-order valence-corrected chi connectivity index (χ4v) is 6.72. The third kappa shape index (κ3) is 8.35. The van der Waals surface area contributed by atoms with Gasteiger partial charge in [-0.05, 0) is 91.9 Å². The van der Waals surface area contributed by atoms with E-state index in [1.807, 2.05) is 6.07 Å². The lowest BCUT2D eigenvalue weighted by molar-refractivity contribution is -0.274. The number of aromatic nitrogens is 1. The number of pyridine rings is 1. The Morgan fingerprint density at radius 1 is 1.04 bits per heavy atom. The highest BCUT2D eigenvalue weighted by atomic mass is 32.2. The van der Waals surface area contributed by atoms with Crippen LogP contribution in [-0.2, 0) is 21.4 Å². The molecule has 5 rings (SSSR count). The van der Waals surface area contributed by atoms with Gasteiger partial charge in [0.05, 0.1) is 10.6 Å². The van der Waals surface area contributed by atoms with Gasteiger partial charge in [-0.2, -0.15) is 0 Å². The first-order chi connectivity index (χ1) is 21.8. The van der Waals surface area contributed by atoms with Crippen LogP contribution in [0.2, 0.25) is 0 Å². The average Bonchev–Trinajstić information content (AvgIpc) is 3.84. The maximum Gasteiger partial charge on any atom is 0.573 e. The molecule has 0 unspecified atom stereocenters. The van der Waals surface area contributed by atoms with Crippen molar-refractivity contribution in [2.75, 3.05) is 44.2 Å². The van der Waals surface area contributed by atoms with E-state index >= 15 is 0 Å². The molecule has 1 saturated heterocycles. The van der Waals surface area contributed by atoms with Gasteiger partial charge in [-0.3, -0.25) is 14.0 Å². The highest BCUT2D eigenvalue weighted by Crippen LogP contribution is 2.31. The lowest BCUT2D eigenvalue weighted by Gasteiger charge is -2.35. The number of alkyl halides is 3. The molecule has 1 aliphatic carbocycles. The van der Waals surface area contributed by atoms with Crippen LogP contribution in [0.15, 0.2) is 77.8 Å². The number of ether oxygens (including phenoxy) is 1. The number of hydrogen-bond donors (Lipinski definition) is 1. The van der Waals surface area contributed by atoms with Gasteiger partial charge < -0.3 is 15.0 Å². The van der Waals surface area contributed by atoms with Crippen molar-refractivity contribution in [3.63, 3.8) is 0 Å². The normalized spacial score (nSPS) is 15.8. The van der Waals surface area contributed by atoms with Gasteiger partial charge in [0, 0.05) is 51.4 Å². The fraction of sp³-hybridized carbons (Fsp3) is 0.375. The van der Waals surface area contributed by atoms with Crippen LogP contribution in [0.5, 0.6) is 5.75 Å². The average molecular weight is 662 g/mol. The Morgan fingerprint density at radius 2 is 1.70 bits per heavy atom. The van der Waals surface area contributed by atoms with Gasteiger partial charge in [0.15, 0.2) is 0 Å². The van der Waals surface area contributed by atoms with Crippen LogP contribution in [0, 0.1) is 11.7 Å². The number of halogens is 4. The number of likely N-dealkylation sites (N-methyl/N-ethyl adjacent to an activating group) is 1. The second-order valence-corrected chi connectivity index (χ2v) is 13.1. The molecule has 1 N–H and O–H groups in total. The van der Waals surface area contributed by atoms with Crippen molar-refractivity contribution < 1.29 is 35.5 Å². The minimum Gasteiger partial charge on any atom is -0.406 e. The number of benzene rings is 2. The first kappa shape index (κ1) is 33.2. The minimum atomic E-state index is -4.82. The van der Waals surface area contributed by atoms with Crippen LogP contribution in [0.25, 0.3) is 11.3 Å². The first-order valence-electron chi connectivity index (χ1n) is 14.9. The molecule has 1 saturated carbocycles. The van der Waals surface area contributed by atoms with E-state index in [0.29, 0.717) is 22.6 Å². The van der Waals surface area contributed by atoms with Crippen molar-refractivity contribution in [1.82, 2.24) is 19.5 Å². The van der Waals surface area contributed by atoms with Crippen molar-refractivity contribution in [3.8, 4) is 17.0 Å². The van der Waals surface area contributed by atoms with Crippen molar-refractivity contribution in [2.24, 2.45) is 5.92 Å². The molecule has 9 nitrogen and oxygen atoms in total. The molecule has 3 aromatic rings. The van der Waals surface area contributed by atoms with E-state index in [0.717, 1.165) is 67.2 Å². The summed E-state index contributed by atoms with van der Waals surface area (Å²) in [5, 5.41) is 2.72. The van der Waals surface area contributed by atoms with Gasteiger partial charge in [0.25, 0.3) is 15.9 Å². The number of carbonyl (C=O) groups excluding carboxylic acids is 1. The smallest absolute Gasteiger partial charge is 0.406 e. The number of nitrogens with one attached hydrogen (secondary N) is 1. The highest BCUT2D eigenvalue weighted by molar-refractivity contribution is 7.89. The summed E-state index contributed by atoms with van der Waals surface area (Å²) in [5.74, 6) is -0.260. The van der Waals surface area contributed by atoms with Crippen LogP contribution in [0.3, 0.4) is 0 Å². The van der Waals surface area contributed by atoms with Crippen molar-refractivity contribution >= 4 is 21.7 Å². The fourth-order valence-electron chi connectivity index (χ4n) is 5.27. The van der Waals surface area contributed by atoms with E-state index in [4.69, 9.17) is 4.98 Å². The van der Waals surface area contributed by atoms with E-state index in [1.165, 1.54) is 37.1 Å². The number of carbonyl (C=O) groups is 1. The van der Waals surface area contributed by atoms with Gasteiger partial charge in [-0.1, -0.05) is 6.58 Å². The van der Waals surface area contributed by atoms with Gasteiger partial charge >= 0.3 is 6.36 Å². The van der Waals surface area contributed by atoms with Crippen LogP contribution in [0.4, 0.5) is 23.4 Å². The molecule has 0 radical (unpaired) electrons. The summed E-state index contributed by atoms with van der Waals surface area (Å²) in [6, 6.07) is 13.2. The second-order valence-electron chi connectivity index (χ2n) is 11.3. The topological polar surface area (TPSA) is 95.1 Å². The Bertz CT molecular complexity index is 1660. The largest absolute Gasteiger partial charge is 0.573 e. The summed E-state index contributed by atoms with van der Waals surface area (Å²) in [6.45, 7) is 9.46. The maximum absolute atomic E-state index is 13.4. The lowest BCUT2D eigenvalue weighted by atomic mass is 10.1. The number of hydrogen-bond acceptors (Lipinski definition) is 7. The molecule has 2 aromatic carbocycles. The van der Waals surface area contributed by atoms with Gasteiger partial charge in [-0.15, -0.1) is 13.2 Å². The molecule has 2 heterocycles. The predicted molar refractivity (Wildman–Crippen MR) is 165 cm³/mol. The number of sulfonamides is 1. The number of piperazine rings is 1. The zero-order chi connectivity index (χ0) is 33.1. The van der Waals surface area contributed by atoms with E-state index in [1.54, 1.807) is 13.0 Å². The molecule has 1 aliphatic heterocycles. The van der Waals surface area contributed by atoms with E-state index in [9.17, 15) is 30.8 Å². The van der Waals surface area contributed by atoms with Crippen molar-refractivity contribution in [1.29, 1.82) is 0 Å². The van der Waals surface area contributed by atoms with Crippen LogP contribution in [0.1, 0.15) is 25.3 Å². The summed E-state index contributed by atoms with van der Waals surface area (Å²) in [5.41, 5.74) is 1.35. The summed E-state index contributed by atoms with van der Waals surface area (Å²) >= 11 is 0. The van der Waals surface area contributed by atoms with Gasteiger partial charge in [0.2, 0.25) is 0 Å². The van der Waals surface area contributed by atoms with Crippen molar-refractivity contribution in [3.05, 3.63) is 84.3 Å². The Morgan fingerprint density at radius 3 is 2.28 bits per heavy atom. The zero-order valence-corrected chi connectivity index (χ0v) is 26.1. The van der Waals surface area contributed by atoms with Gasteiger partial charge in [0.1, 0.15) is 23.1 Å². The summed E-state index contributed by atoms with van der Waals surface area (Å²) < 4.78 is 82.7. The highest BCUT2D eigenvalue weighted by Gasteiger charge is 2.31. The van der Waals surface area contributed by atoms with E-state index in [2.05, 4.69) is 26.4 Å². The standard InChI is InChI=1S/C32H35F4N5O4S/c1-3-41(46(43,44)28-12-8-26(33)9-13-28)22(2)31(42)37-20-24-18-29(25-6-10-27(11-7-25)45-32(34,35)36)38-30(19-24)40-16-14-39(15-17-40)21-23-4-5-23/h6-13,18-19,23H,2-5,14-17,20-21H2,1H3,(H,37,42). The van der Waals surface area contributed by atoms with Crippen LogP contribution in [-0.4, -0.2) is 74.1 Å². The second kappa shape index (κ2) is 13.7. The molecule has 2 fully saturated rings. The van der Waals surface area contributed by atoms with Gasteiger partial charge in [-0.25, -0.2) is 17.8 Å². The molecular weight excluding hydrogens is 626 g/mol. The molecule has 2 aliphatic rings. The Balaban J connectivity index is 1.34. The molecule has 0 spiro atoms. The molecule has 0 atom stereocenters. The summed E-state index contributed by atoms with van der Waals surface area (Å²) in [7, 11) is -4.18. The number of nitrogens with zero attached hydrogens (tertiary/aromatic N) is 4. The third-order valence-electron chi connectivity index (χ3n) is 7.87. The molecule has 1 aromatic heterocycles. The van der Waals surface area contributed by atoms with E-state index < -0.39 is 28.1 Å².